The molecule has 1 aliphatic rings. The number of anilines is 1. The quantitative estimate of drug-likeness (QED) is 0.615. The molecule has 0 spiro atoms. The lowest BCUT2D eigenvalue weighted by Crippen LogP contribution is -2.24. The molecule has 1 saturated heterocycles. The smallest absolute Gasteiger partial charge is 0.383 e. The van der Waals surface area contributed by atoms with Crippen molar-refractivity contribution in [3.05, 3.63) is 48.9 Å². The number of likely N-dealkylation sites (tertiary alicyclic amines) is 1. The predicted octanol–water partition coefficient (Wildman–Crippen LogP) is 3.37. The standard InChI is InChI=1S/C16H13F3N4O.C5H9NO2/c17-16(18,19)6-8-21-15-20-7-4-13(22-15)11-2-1-3-12(10-11)14-5-9-24-23-14;1-6-3-2-4(7)5(6)8/h1-5,7,9-10H,6,8H2,(H,20,21,22);4,7H,2-3H2,1H3. The zero-order valence-electron chi connectivity index (χ0n) is 17.2. The first kappa shape index (κ1) is 23.2. The number of carbonyl (C=O) groups is 1. The van der Waals surface area contributed by atoms with E-state index in [2.05, 4.69) is 20.4 Å². The molecule has 11 heteroatoms. The number of likely N-dealkylation sites (N-methyl/N-ethyl adjacent to an activating group) is 1. The van der Waals surface area contributed by atoms with E-state index >= 15 is 0 Å². The van der Waals surface area contributed by atoms with E-state index in [9.17, 15) is 18.0 Å². The van der Waals surface area contributed by atoms with Gasteiger partial charge < -0.3 is 19.8 Å². The third-order valence-electron chi connectivity index (χ3n) is 4.64. The highest BCUT2D eigenvalue weighted by Crippen LogP contribution is 2.25. The maximum Gasteiger partial charge on any atom is 0.390 e. The Kier molecular flexibility index (Phi) is 7.41. The van der Waals surface area contributed by atoms with E-state index in [1.807, 2.05) is 24.3 Å². The van der Waals surface area contributed by atoms with Gasteiger partial charge >= 0.3 is 6.18 Å². The molecule has 1 unspecified atom stereocenters. The van der Waals surface area contributed by atoms with Gasteiger partial charge in [0, 0.05) is 43.5 Å². The number of aliphatic hydroxyl groups excluding tert-OH is 1. The first-order valence-corrected chi connectivity index (χ1v) is 9.81. The van der Waals surface area contributed by atoms with Crippen LogP contribution in [-0.2, 0) is 4.79 Å². The SMILES string of the molecule is CN1CCC(O)C1=O.FC(F)(F)CCNc1nccc(-c2cccc(-c3ccon3)c2)n1. The van der Waals surface area contributed by atoms with Gasteiger partial charge in [-0.1, -0.05) is 23.4 Å². The van der Waals surface area contributed by atoms with Gasteiger partial charge in [-0.15, -0.1) is 0 Å². The summed E-state index contributed by atoms with van der Waals surface area (Å²) in [5.41, 5.74) is 2.95. The van der Waals surface area contributed by atoms with E-state index < -0.39 is 18.7 Å². The van der Waals surface area contributed by atoms with Gasteiger partial charge in [-0.2, -0.15) is 13.2 Å². The topological polar surface area (TPSA) is 104 Å². The maximum absolute atomic E-state index is 12.2. The fourth-order valence-corrected chi connectivity index (χ4v) is 2.92. The molecule has 1 aromatic carbocycles. The van der Waals surface area contributed by atoms with Crippen LogP contribution in [0.2, 0.25) is 0 Å². The van der Waals surface area contributed by atoms with Gasteiger partial charge in [-0.25, -0.2) is 9.97 Å². The average Bonchev–Trinajstić information content (AvgIpc) is 3.40. The number of rotatable bonds is 5. The molecule has 1 amide bonds. The Labute approximate surface area is 182 Å². The molecule has 1 fully saturated rings. The molecule has 4 rings (SSSR count). The molecule has 1 aliphatic heterocycles. The van der Waals surface area contributed by atoms with Crippen LogP contribution >= 0.6 is 0 Å². The molecule has 0 radical (unpaired) electrons. The van der Waals surface area contributed by atoms with E-state index in [4.69, 9.17) is 9.63 Å². The average molecular weight is 449 g/mol. The number of nitrogens with zero attached hydrogens (tertiary/aromatic N) is 4. The third kappa shape index (κ3) is 6.51. The van der Waals surface area contributed by atoms with E-state index in [-0.39, 0.29) is 18.4 Å². The van der Waals surface area contributed by atoms with Gasteiger partial charge in [0.1, 0.15) is 18.1 Å². The summed E-state index contributed by atoms with van der Waals surface area (Å²) in [6.07, 6.45) is -2.30. The number of hydrogen-bond donors (Lipinski definition) is 2. The minimum atomic E-state index is -4.21. The maximum atomic E-state index is 12.2. The van der Waals surface area contributed by atoms with Crippen molar-refractivity contribution in [3.8, 4) is 22.5 Å². The van der Waals surface area contributed by atoms with E-state index in [0.717, 1.165) is 11.1 Å². The summed E-state index contributed by atoms with van der Waals surface area (Å²) in [6, 6.07) is 10.9. The van der Waals surface area contributed by atoms with Gasteiger partial charge in [0.25, 0.3) is 5.91 Å². The molecule has 1 atom stereocenters. The lowest BCUT2D eigenvalue weighted by molar-refractivity contribution is -0.133. The normalized spacial score (nSPS) is 16.0. The van der Waals surface area contributed by atoms with Crippen LogP contribution in [0.15, 0.2) is 53.4 Å². The summed E-state index contributed by atoms with van der Waals surface area (Å²) in [5, 5.41) is 15.2. The number of hydrogen-bond acceptors (Lipinski definition) is 7. The summed E-state index contributed by atoms with van der Waals surface area (Å²) < 4.78 is 41.4. The number of carbonyl (C=O) groups excluding carboxylic acids is 1. The van der Waals surface area contributed by atoms with Crippen LogP contribution in [0.5, 0.6) is 0 Å². The number of aliphatic hydroxyl groups is 1. The summed E-state index contributed by atoms with van der Waals surface area (Å²) >= 11 is 0. The van der Waals surface area contributed by atoms with Crippen LogP contribution in [0.3, 0.4) is 0 Å². The summed E-state index contributed by atoms with van der Waals surface area (Å²) in [4.78, 5) is 20.3. The van der Waals surface area contributed by atoms with Crippen molar-refractivity contribution >= 4 is 11.9 Å². The number of amides is 1. The Balaban J connectivity index is 0.000000305. The van der Waals surface area contributed by atoms with Gasteiger partial charge in [-0.3, -0.25) is 4.79 Å². The fourth-order valence-electron chi connectivity index (χ4n) is 2.92. The Hall–Kier alpha value is -3.47. The van der Waals surface area contributed by atoms with Crippen LogP contribution in [-0.4, -0.2) is 63.5 Å². The molecule has 3 aromatic rings. The number of benzene rings is 1. The Morgan fingerprint density at radius 3 is 2.53 bits per heavy atom. The Bertz CT molecular complexity index is 1020. The van der Waals surface area contributed by atoms with Gasteiger partial charge in [0.2, 0.25) is 5.95 Å². The molecule has 170 valence electrons. The molecule has 32 heavy (non-hydrogen) atoms. The molecule has 0 saturated carbocycles. The largest absolute Gasteiger partial charge is 0.390 e. The number of halogens is 3. The first-order chi connectivity index (χ1) is 15.2. The molecular formula is C21H22F3N5O3. The predicted molar refractivity (Wildman–Crippen MR) is 110 cm³/mol. The monoisotopic (exact) mass is 449 g/mol. The molecule has 2 N–H and O–H groups in total. The van der Waals surface area contributed by atoms with Crippen LogP contribution < -0.4 is 5.32 Å². The van der Waals surface area contributed by atoms with Crippen molar-refractivity contribution in [3.63, 3.8) is 0 Å². The third-order valence-corrected chi connectivity index (χ3v) is 4.64. The van der Waals surface area contributed by atoms with Crippen molar-refractivity contribution in [2.45, 2.75) is 25.1 Å². The molecular weight excluding hydrogens is 427 g/mol. The first-order valence-electron chi connectivity index (χ1n) is 9.81. The van der Waals surface area contributed by atoms with Crippen LogP contribution in [0.1, 0.15) is 12.8 Å². The van der Waals surface area contributed by atoms with Crippen molar-refractivity contribution in [1.82, 2.24) is 20.0 Å². The lowest BCUT2D eigenvalue weighted by Gasteiger charge is -2.09. The van der Waals surface area contributed by atoms with Gasteiger partial charge in [-0.05, 0) is 18.6 Å². The highest BCUT2D eigenvalue weighted by Gasteiger charge is 2.26. The lowest BCUT2D eigenvalue weighted by atomic mass is 10.1. The number of alkyl halides is 3. The molecule has 8 nitrogen and oxygen atoms in total. The Morgan fingerprint density at radius 1 is 1.22 bits per heavy atom. The highest BCUT2D eigenvalue weighted by atomic mass is 19.4. The van der Waals surface area contributed by atoms with Crippen molar-refractivity contribution in [2.75, 3.05) is 25.5 Å². The minimum absolute atomic E-state index is 0.148. The van der Waals surface area contributed by atoms with E-state index in [1.165, 1.54) is 17.4 Å². The zero-order chi connectivity index (χ0) is 23.1. The molecule has 0 aliphatic carbocycles. The van der Waals surface area contributed by atoms with Gasteiger partial charge in [0.15, 0.2) is 0 Å². The minimum Gasteiger partial charge on any atom is -0.383 e. The zero-order valence-corrected chi connectivity index (χ0v) is 17.2. The van der Waals surface area contributed by atoms with Crippen LogP contribution in [0.25, 0.3) is 22.5 Å². The number of aromatic nitrogens is 3. The second-order valence-corrected chi connectivity index (χ2v) is 7.09. The van der Waals surface area contributed by atoms with E-state index in [0.29, 0.717) is 24.4 Å². The van der Waals surface area contributed by atoms with Crippen LogP contribution in [0.4, 0.5) is 19.1 Å². The van der Waals surface area contributed by atoms with Crippen molar-refractivity contribution in [1.29, 1.82) is 0 Å². The molecule has 2 aromatic heterocycles. The summed E-state index contributed by atoms with van der Waals surface area (Å²) in [5.74, 6) is 0.00795. The Morgan fingerprint density at radius 2 is 1.97 bits per heavy atom. The van der Waals surface area contributed by atoms with Crippen molar-refractivity contribution in [2.24, 2.45) is 0 Å². The highest BCUT2D eigenvalue weighted by molar-refractivity contribution is 5.82. The van der Waals surface area contributed by atoms with Crippen molar-refractivity contribution < 1.29 is 27.6 Å². The van der Waals surface area contributed by atoms with Gasteiger partial charge in [0.05, 0.1) is 12.1 Å². The molecule has 0 bridgehead atoms. The second-order valence-electron chi connectivity index (χ2n) is 7.09. The fraction of sp³-hybridized carbons (Fsp3) is 0.333. The summed E-state index contributed by atoms with van der Waals surface area (Å²) in [6.45, 7) is 0.423. The summed E-state index contributed by atoms with van der Waals surface area (Å²) in [7, 11) is 1.69. The number of nitrogens with one attached hydrogen (secondary N) is 1. The second kappa shape index (κ2) is 10.2. The van der Waals surface area contributed by atoms with E-state index in [1.54, 1.807) is 19.2 Å². The van der Waals surface area contributed by atoms with Crippen LogP contribution in [0, 0.1) is 0 Å². The molecule has 3 heterocycles.